The van der Waals surface area contributed by atoms with Crippen LogP contribution in [0.25, 0.3) is 6.08 Å². The fourth-order valence-electron chi connectivity index (χ4n) is 1.97. The number of aromatic nitrogens is 2. The number of benzene rings is 2. The van der Waals surface area contributed by atoms with Gasteiger partial charge in [0.2, 0.25) is 0 Å². The SMILES string of the molecule is O=S(=O)(/C=C/c1ccccc1)Nc1ccc(Oc2ncccn2)cc1. The summed E-state index contributed by atoms with van der Waals surface area (Å²) in [5.41, 5.74) is 1.23. The van der Waals surface area contributed by atoms with Crippen molar-refractivity contribution in [3.05, 3.63) is 84.0 Å². The van der Waals surface area contributed by atoms with E-state index in [0.717, 1.165) is 11.0 Å². The third-order valence-electron chi connectivity index (χ3n) is 3.10. The lowest BCUT2D eigenvalue weighted by molar-refractivity contribution is 0.442. The van der Waals surface area contributed by atoms with Crippen LogP contribution in [0.2, 0.25) is 0 Å². The first-order valence-electron chi connectivity index (χ1n) is 7.42. The number of nitrogens with one attached hydrogen (secondary N) is 1. The maximum absolute atomic E-state index is 12.1. The largest absolute Gasteiger partial charge is 0.424 e. The van der Waals surface area contributed by atoms with Gasteiger partial charge in [-0.2, -0.15) is 0 Å². The van der Waals surface area contributed by atoms with Crippen LogP contribution >= 0.6 is 0 Å². The van der Waals surface area contributed by atoms with Crippen molar-refractivity contribution in [1.29, 1.82) is 0 Å². The molecule has 1 heterocycles. The number of hydrogen-bond donors (Lipinski definition) is 1. The lowest BCUT2D eigenvalue weighted by atomic mass is 10.2. The Balaban J connectivity index is 1.65. The summed E-state index contributed by atoms with van der Waals surface area (Å²) < 4.78 is 32.1. The van der Waals surface area contributed by atoms with E-state index in [9.17, 15) is 8.42 Å². The Morgan fingerprint density at radius 3 is 2.24 bits per heavy atom. The molecule has 3 aromatic rings. The van der Waals surface area contributed by atoms with Gasteiger partial charge in [-0.25, -0.2) is 18.4 Å². The smallest absolute Gasteiger partial charge is 0.321 e. The Hall–Kier alpha value is -3.19. The Morgan fingerprint density at radius 2 is 1.56 bits per heavy atom. The quantitative estimate of drug-likeness (QED) is 0.731. The number of sulfonamides is 1. The van der Waals surface area contributed by atoms with Gasteiger partial charge in [0.15, 0.2) is 0 Å². The highest BCUT2D eigenvalue weighted by molar-refractivity contribution is 7.95. The lowest BCUT2D eigenvalue weighted by Crippen LogP contribution is -2.08. The van der Waals surface area contributed by atoms with E-state index in [4.69, 9.17) is 4.74 Å². The second-order valence-electron chi connectivity index (χ2n) is 5.02. The number of ether oxygens (including phenoxy) is 1. The standard InChI is InChI=1S/C18H15N3O3S/c22-25(23,14-11-15-5-2-1-3-6-15)21-16-7-9-17(10-8-16)24-18-19-12-4-13-20-18/h1-14,21H/b14-11+. The van der Waals surface area contributed by atoms with Crippen LogP contribution in [0.5, 0.6) is 11.8 Å². The highest BCUT2D eigenvalue weighted by Crippen LogP contribution is 2.20. The van der Waals surface area contributed by atoms with Crippen LogP contribution in [0.4, 0.5) is 5.69 Å². The molecule has 25 heavy (non-hydrogen) atoms. The molecule has 0 aliphatic heterocycles. The van der Waals surface area contributed by atoms with Crippen LogP contribution in [0.15, 0.2) is 78.5 Å². The van der Waals surface area contributed by atoms with Gasteiger partial charge in [0, 0.05) is 18.1 Å². The molecule has 6 nitrogen and oxygen atoms in total. The number of anilines is 1. The summed E-state index contributed by atoms with van der Waals surface area (Å²) in [5.74, 6) is 0.508. The van der Waals surface area contributed by atoms with Crippen LogP contribution in [0, 0.1) is 0 Å². The second-order valence-corrected chi connectivity index (χ2v) is 6.58. The summed E-state index contributed by atoms with van der Waals surface area (Å²) in [6.07, 6.45) is 4.68. The minimum atomic E-state index is -3.60. The lowest BCUT2D eigenvalue weighted by Gasteiger charge is -2.06. The zero-order chi connectivity index (χ0) is 17.5. The monoisotopic (exact) mass is 353 g/mol. The maximum atomic E-state index is 12.1. The van der Waals surface area contributed by atoms with Gasteiger partial charge in [0.25, 0.3) is 10.0 Å². The van der Waals surface area contributed by atoms with Crippen LogP contribution in [-0.2, 0) is 10.0 Å². The average Bonchev–Trinajstić information content (AvgIpc) is 2.63. The fourth-order valence-corrected chi connectivity index (χ4v) is 2.83. The Labute approximate surface area is 145 Å². The normalized spacial score (nSPS) is 11.4. The van der Waals surface area contributed by atoms with Crippen LogP contribution in [-0.4, -0.2) is 18.4 Å². The van der Waals surface area contributed by atoms with Gasteiger partial charge in [-0.05, 0) is 42.0 Å². The van der Waals surface area contributed by atoms with Crippen molar-refractivity contribution in [2.24, 2.45) is 0 Å². The predicted octanol–water partition coefficient (Wildman–Crippen LogP) is 3.68. The molecule has 0 atom stereocenters. The van der Waals surface area contributed by atoms with Crippen molar-refractivity contribution < 1.29 is 13.2 Å². The van der Waals surface area contributed by atoms with E-state index >= 15 is 0 Å². The molecule has 7 heteroatoms. The summed E-state index contributed by atoms with van der Waals surface area (Å²) >= 11 is 0. The fraction of sp³-hybridized carbons (Fsp3) is 0. The Kier molecular flexibility index (Phi) is 5.06. The van der Waals surface area contributed by atoms with E-state index in [1.54, 1.807) is 42.7 Å². The molecule has 0 fully saturated rings. The van der Waals surface area contributed by atoms with Crippen LogP contribution in [0.3, 0.4) is 0 Å². The van der Waals surface area contributed by atoms with E-state index in [0.29, 0.717) is 11.4 Å². The molecule has 126 valence electrons. The van der Waals surface area contributed by atoms with Gasteiger partial charge in [-0.15, -0.1) is 0 Å². The molecule has 3 rings (SSSR count). The van der Waals surface area contributed by atoms with E-state index in [-0.39, 0.29) is 6.01 Å². The zero-order valence-corrected chi connectivity index (χ0v) is 13.9. The van der Waals surface area contributed by atoms with Gasteiger partial charge < -0.3 is 4.74 Å². The topological polar surface area (TPSA) is 81.2 Å². The van der Waals surface area contributed by atoms with Gasteiger partial charge in [-0.1, -0.05) is 30.3 Å². The first-order valence-corrected chi connectivity index (χ1v) is 8.96. The number of rotatable bonds is 6. The Morgan fingerprint density at radius 1 is 0.880 bits per heavy atom. The summed E-state index contributed by atoms with van der Waals surface area (Å²) in [4.78, 5) is 7.91. The summed E-state index contributed by atoms with van der Waals surface area (Å²) in [5, 5.41) is 1.13. The van der Waals surface area contributed by atoms with E-state index < -0.39 is 10.0 Å². The minimum Gasteiger partial charge on any atom is -0.424 e. The van der Waals surface area contributed by atoms with Gasteiger partial charge in [0.1, 0.15) is 5.75 Å². The van der Waals surface area contributed by atoms with E-state index in [1.807, 2.05) is 30.3 Å². The first-order chi connectivity index (χ1) is 12.1. The second kappa shape index (κ2) is 7.59. The van der Waals surface area contributed by atoms with Crippen molar-refractivity contribution in [3.8, 4) is 11.8 Å². The first kappa shape index (κ1) is 16.7. The zero-order valence-electron chi connectivity index (χ0n) is 13.1. The molecule has 0 bridgehead atoms. The molecular formula is C18H15N3O3S. The molecule has 0 spiro atoms. The third-order valence-corrected chi connectivity index (χ3v) is 4.12. The van der Waals surface area contributed by atoms with Crippen LogP contribution < -0.4 is 9.46 Å². The molecule has 0 aliphatic carbocycles. The highest BCUT2D eigenvalue weighted by atomic mass is 32.2. The molecule has 0 amide bonds. The summed E-state index contributed by atoms with van der Waals surface area (Å²) in [6.45, 7) is 0. The van der Waals surface area contributed by atoms with E-state index in [2.05, 4.69) is 14.7 Å². The van der Waals surface area contributed by atoms with Crippen LogP contribution in [0.1, 0.15) is 5.56 Å². The van der Waals surface area contributed by atoms with Crippen molar-refractivity contribution in [2.75, 3.05) is 4.72 Å². The molecule has 0 saturated heterocycles. The molecule has 0 unspecified atom stereocenters. The van der Waals surface area contributed by atoms with Crippen molar-refractivity contribution in [1.82, 2.24) is 9.97 Å². The molecule has 0 aliphatic rings. The van der Waals surface area contributed by atoms with E-state index in [1.165, 1.54) is 6.08 Å². The molecule has 0 saturated carbocycles. The summed E-state index contributed by atoms with van der Waals surface area (Å²) in [6, 6.07) is 17.6. The Bertz CT molecular complexity index is 942. The predicted molar refractivity (Wildman–Crippen MR) is 96.6 cm³/mol. The molecule has 0 radical (unpaired) electrons. The summed E-state index contributed by atoms with van der Waals surface area (Å²) in [7, 11) is -3.60. The van der Waals surface area contributed by atoms with Gasteiger partial charge in [-0.3, -0.25) is 4.72 Å². The maximum Gasteiger partial charge on any atom is 0.321 e. The number of nitrogens with zero attached hydrogens (tertiary/aromatic N) is 2. The average molecular weight is 353 g/mol. The van der Waals surface area contributed by atoms with Crippen molar-refractivity contribution in [3.63, 3.8) is 0 Å². The van der Waals surface area contributed by atoms with Crippen molar-refractivity contribution >= 4 is 21.8 Å². The highest BCUT2D eigenvalue weighted by Gasteiger charge is 2.06. The number of hydrogen-bond acceptors (Lipinski definition) is 5. The molecule has 1 aromatic heterocycles. The third kappa shape index (κ3) is 5.15. The van der Waals surface area contributed by atoms with Crippen molar-refractivity contribution in [2.45, 2.75) is 0 Å². The molecular weight excluding hydrogens is 338 g/mol. The van der Waals surface area contributed by atoms with Gasteiger partial charge >= 0.3 is 6.01 Å². The molecule has 1 N–H and O–H groups in total. The van der Waals surface area contributed by atoms with Gasteiger partial charge in [0.05, 0.1) is 5.41 Å². The molecule has 2 aromatic carbocycles. The minimum absolute atomic E-state index is 0.224.